The van der Waals surface area contributed by atoms with E-state index in [9.17, 15) is 9.50 Å². The van der Waals surface area contributed by atoms with E-state index in [0.717, 1.165) is 0 Å². The van der Waals surface area contributed by atoms with Gasteiger partial charge in [0.25, 0.3) is 0 Å². The molecule has 0 spiro atoms. The lowest BCUT2D eigenvalue weighted by molar-refractivity contribution is 0.184. The average molecular weight is 277 g/mol. The highest BCUT2D eigenvalue weighted by Gasteiger charge is 2.13. The number of nitrogens with zero attached hydrogens (tertiary/aromatic N) is 3. The molecule has 0 saturated heterocycles. The van der Waals surface area contributed by atoms with Gasteiger partial charge in [0, 0.05) is 19.3 Å². The zero-order valence-corrected chi connectivity index (χ0v) is 11.3. The second-order valence-corrected chi connectivity index (χ2v) is 4.35. The first-order valence-electron chi connectivity index (χ1n) is 6.12. The van der Waals surface area contributed by atoms with Crippen LogP contribution in [-0.2, 0) is 0 Å². The minimum absolute atomic E-state index is 0.290. The van der Waals surface area contributed by atoms with Crippen molar-refractivity contribution in [1.82, 2.24) is 9.97 Å². The van der Waals surface area contributed by atoms with Gasteiger partial charge in [-0.2, -0.15) is 4.98 Å². The van der Waals surface area contributed by atoms with Crippen molar-refractivity contribution in [2.24, 2.45) is 0 Å². The molecule has 0 amide bonds. The van der Waals surface area contributed by atoms with Crippen molar-refractivity contribution < 1.29 is 14.2 Å². The van der Waals surface area contributed by atoms with E-state index in [0.29, 0.717) is 23.9 Å². The number of rotatable bonds is 5. The van der Waals surface area contributed by atoms with E-state index in [1.807, 2.05) is 0 Å². The first-order chi connectivity index (χ1) is 9.60. The largest absolute Gasteiger partial charge is 0.481 e. The molecule has 1 aromatic heterocycles. The number of hydrogen-bond acceptors (Lipinski definition) is 5. The molecule has 2 aromatic rings. The molecule has 20 heavy (non-hydrogen) atoms. The first kappa shape index (κ1) is 14.2. The molecule has 6 heteroatoms. The van der Waals surface area contributed by atoms with Crippen molar-refractivity contribution in [2.75, 3.05) is 25.6 Å². The maximum absolute atomic E-state index is 12.8. The van der Waals surface area contributed by atoms with Crippen LogP contribution in [0.25, 0.3) is 0 Å². The van der Waals surface area contributed by atoms with Crippen molar-refractivity contribution >= 4 is 5.95 Å². The fraction of sp³-hybridized carbons (Fsp3) is 0.286. The van der Waals surface area contributed by atoms with Gasteiger partial charge < -0.3 is 14.7 Å². The minimum Gasteiger partial charge on any atom is -0.481 e. The van der Waals surface area contributed by atoms with Crippen LogP contribution < -0.4 is 9.64 Å². The van der Waals surface area contributed by atoms with Gasteiger partial charge in [-0.25, -0.2) is 9.37 Å². The van der Waals surface area contributed by atoms with Gasteiger partial charge in [0.15, 0.2) is 0 Å². The quantitative estimate of drug-likeness (QED) is 0.903. The van der Waals surface area contributed by atoms with E-state index in [4.69, 9.17) is 4.74 Å². The van der Waals surface area contributed by atoms with E-state index in [-0.39, 0.29) is 5.82 Å². The number of anilines is 1. The van der Waals surface area contributed by atoms with Gasteiger partial charge in [-0.15, -0.1) is 0 Å². The Kier molecular flexibility index (Phi) is 4.47. The Morgan fingerprint density at radius 2 is 2.00 bits per heavy atom. The monoisotopic (exact) mass is 277 g/mol. The number of aliphatic hydroxyl groups excluding tert-OH is 1. The number of ether oxygens (including phenoxy) is 1. The van der Waals surface area contributed by atoms with E-state index in [2.05, 4.69) is 9.97 Å². The summed E-state index contributed by atoms with van der Waals surface area (Å²) in [6, 6.07) is 7.40. The Morgan fingerprint density at radius 1 is 1.30 bits per heavy atom. The molecule has 0 bridgehead atoms. The third-order valence-corrected chi connectivity index (χ3v) is 2.87. The number of aliphatic hydroxyl groups is 1. The SMILES string of the molecule is COc1ccnc(N(C)C[C@@H](O)c2ccc(F)cc2)n1. The summed E-state index contributed by atoms with van der Waals surface area (Å²) >= 11 is 0. The third-order valence-electron chi connectivity index (χ3n) is 2.87. The fourth-order valence-electron chi connectivity index (χ4n) is 1.76. The maximum atomic E-state index is 12.8. The molecule has 0 fully saturated rings. The summed E-state index contributed by atoms with van der Waals surface area (Å²) < 4.78 is 17.9. The minimum atomic E-state index is -0.754. The Hall–Kier alpha value is -2.21. The molecule has 1 N–H and O–H groups in total. The van der Waals surface area contributed by atoms with Crippen LogP contribution >= 0.6 is 0 Å². The second kappa shape index (κ2) is 6.29. The smallest absolute Gasteiger partial charge is 0.228 e. The van der Waals surface area contributed by atoms with Crippen LogP contribution in [0.2, 0.25) is 0 Å². The van der Waals surface area contributed by atoms with Crippen molar-refractivity contribution in [1.29, 1.82) is 0 Å². The van der Waals surface area contributed by atoms with Gasteiger partial charge >= 0.3 is 0 Å². The fourth-order valence-corrected chi connectivity index (χ4v) is 1.76. The molecule has 0 radical (unpaired) electrons. The number of halogens is 1. The van der Waals surface area contributed by atoms with Gasteiger partial charge in [0.1, 0.15) is 5.82 Å². The molecule has 2 rings (SSSR count). The lowest BCUT2D eigenvalue weighted by atomic mass is 10.1. The molecular formula is C14H16FN3O2. The predicted octanol–water partition coefficient (Wildman–Crippen LogP) is 1.79. The zero-order valence-electron chi connectivity index (χ0n) is 11.3. The average Bonchev–Trinajstić information content (AvgIpc) is 2.47. The predicted molar refractivity (Wildman–Crippen MR) is 73.2 cm³/mol. The van der Waals surface area contributed by atoms with Crippen molar-refractivity contribution in [3.63, 3.8) is 0 Å². The number of hydrogen-bond donors (Lipinski definition) is 1. The summed E-state index contributed by atoms with van der Waals surface area (Å²) in [6.45, 7) is 0.290. The normalized spacial score (nSPS) is 12.0. The lowest BCUT2D eigenvalue weighted by Gasteiger charge is -2.21. The summed E-state index contributed by atoms with van der Waals surface area (Å²) in [5, 5.41) is 10.1. The summed E-state index contributed by atoms with van der Waals surface area (Å²) in [5.74, 6) is 0.578. The molecule has 1 aromatic carbocycles. The van der Waals surface area contributed by atoms with Crippen molar-refractivity contribution in [3.8, 4) is 5.88 Å². The standard InChI is InChI=1S/C14H16FN3O2/c1-18(14-16-8-7-13(17-14)20-2)9-12(19)10-3-5-11(15)6-4-10/h3-8,12,19H,9H2,1-2H3/t12-/m1/s1. The first-order valence-corrected chi connectivity index (χ1v) is 6.12. The van der Waals surface area contributed by atoms with Crippen LogP contribution in [0.1, 0.15) is 11.7 Å². The van der Waals surface area contributed by atoms with Gasteiger partial charge in [0.2, 0.25) is 11.8 Å². The summed E-state index contributed by atoms with van der Waals surface area (Å²) in [5.41, 5.74) is 0.640. The summed E-state index contributed by atoms with van der Waals surface area (Å²) in [4.78, 5) is 9.99. The third kappa shape index (κ3) is 3.42. The molecule has 0 aliphatic heterocycles. The molecule has 0 unspecified atom stereocenters. The maximum Gasteiger partial charge on any atom is 0.228 e. The van der Waals surface area contributed by atoms with Gasteiger partial charge in [-0.05, 0) is 17.7 Å². The molecule has 5 nitrogen and oxygen atoms in total. The second-order valence-electron chi connectivity index (χ2n) is 4.35. The van der Waals surface area contributed by atoms with Crippen LogP contribution in [0.3, 0.4) is 0 Å². The van der Waals surface area contributed by atoms with E-state index in [1.165, 1.54) is 19.2 Å². The van der Waals surface area contributed by atoms with Crippen LogP contribution in [0.4, 0.5) is 10.3 Å². The number of aromatic nitrogens is 2. The van der Waals surface area contributed by atoms with E-state index < -0.39 is 6.10 Å². The molecule has 1 atom stereocenters. The van der Waals surface area contributed by atoms with Gasteiger partial charge in [0.05, 0.1) is 19.8 Å². The van der Waals surface area contributed by atoms with E-state index >= 15 is 0 Å². The van der Waals surface area contributed by atoms with Crippen LogP contribution in [0, 0.1) is 5.82 Å². The van der Waals surface area contributed by atoms with Crippen molar-refractivity contribution in [2.45, 2.75) is 6.10 Å². The highest BCUT2D eigenvalue weighted by Crippen LogP contribution is 2.17. The van der Waals surface area contributed by atoms with Crippen LogP contribution in [0.5, 0.6) is 5.88 Å². The highest BCUT2D eigenvalue weighted by atomic mass is 19.1. The summed E-state index contributed by atoms with van der Waals surface area (Å²) in [6.07, 6.45) is 0.831. The molecule has 0 saturated carbocycles. The Labute approximate surface area is 116 Å². The highest BCUT2D eigenvalue weighted by molar-refractivity contribution is 5.32. The number of benzene rings is 1. The molecule has 0 aliphatic rings. The van der Waals surface area contributed by atoms with Gasteiger partial charge in [-0.3, -0.25) is 0 Å². The molecule has 1 heterocycles. The van der Waals surface area contributed by atoms with E-state index in [1.54, 1.807) is 36.3 Å². The molecular weight excluding hydrogens is 261 g/mol. The Bertz CT molecular complexity index is 563. The number of likely N-dealkylation sites (N-methyl/N-ethyl adjacent to an activating group) is 1. The van der Waals surface area contributed by atoms with Gasteiger partial charge in [-0.1, -0.05) is 12.1 Å². The molecule has 0 aliphatic carbocycles. The summed E-state index contributed by atoms with van der Waals surface area (Å²) in [7, 11) is 3.29. The number of methoxy groups -OCH3 is 1. The zero-order chi connectivity index (χ0) is 14.5. The molecule has 106 valence electrons. The topological polar surface area (TPSA) is 58.5 Å². The Balaban J connectivity index is 2.06. The van der Waals surface area contributed by atoms with Crippen LogP contribution in [0.15, 0.2) is 36.5 Å². The van der Waals surface area contributed by atoms with Crippen LogP contribution in [-0.4, -0.2) is 35.8 Å². The lowest BCUT2D eigenvalue weighted by Crippen LogP contribution is -2.26. The Morgan fingerprint density at radius 3 is 2.65 bits per heavy atom. The van der Waals surface area contributed by atoms with Crippen molar-refractivity contribution in [3.05, 3.63) is 47.9 Å².